The number of thiophene rings is 1. The lowest BCUT2D eigenvalue weighted by atomic mass is 10.3. The van der Waals surface area contributed by atoms with Crippen molar-refractivity contribution < 1.29 is 17.9 Å². The Labute approximate surface area is 140 Å². The number of benzene rings is 1. The van der Waals surface area contributed by atoms with Crippen LogP contribution in [0.2, 0.25) is 0 Å². The Morgan fingerprint density at radius 3 is 2.45 bits per heavy atom. The number of carbonyl (C=O) groups is 1. The van der Waals surface area contributed by atoms with Gasteiger partial charge in [-0.1, -0.05) is 0 Å². The summed E-state index contributed by atoms with van der Waals surface area (Å²) in [5, 5.41) is 0. The van der Waals surface area contributed by atoms with Gasteiger partial charge in [0.25, 0.3) is 15.9 Å². The Morgan fingerprint density at radius 1 is 1.23 bits per heavy atom. The average molecular weight is 405 g/mol. The fraction of sp³-hybridized carbons (Fsp3) is 0.154. The first kappa shape index (κ1) is 16.9. The van der Waals surface area contributed by atoms with Crippen molar-refractivity contribution in [3.8, 4) is 5.75 Å². The van der Waals surface area contributed by atoms with Crippen LogP contribution in [0.15, 0.2) is 45.1 Å². The minimum atomic E-state index is -3.83. The zero-order chi connectivity index (χ0) is 16.2. The van der Waals surface area contributed by atoms with Gasteiger partial charge < -0.3 is 4.74 Å². The molecule has 9 heteroatoms. The van der Waals surface area contributed by atoms with Crippen LogP contribution in [0, 0.1) is 0 Å². The van der Waals surface area contributed by atoms with E-state index in [2.05, 4.69) is 26.2 Å². The molecule has 118 valence electrons. The van der Waals surface area contributed by atoms with Crippen LogP contribution in [0.3, 0.4) is 0 Å². The lowest BCUT2D eigenvalue weighted by molar-refractivity contribution is 0.0949. The number of hydrogen-bond acceptors (Lipinski definition) is 5. The molecule has 1 aromatic heterocycles. The summed E-state index contributed by atoms with van der Waals surface area (Å²) in [6.45, 7) is 2.33. The molecule has 0 aliphatic rings. The summed E-state index contributed by atoms with van der Waals surface area (Å²) in [7, 11) is -3.83. The molecule has 0 fully saturated rings. The third kappa shape index (κ3) is 4.29. The van der Waals surface area contributed by atoms with Crippen molar-refractivity contribution in [1.29, 1.82) is 0 Å². The lowest BCUT2D eigenvalue weighted by Gasteiger charge is -2.08. The molecule has 0 saturated carbocycles. The quantitative estimate of drug-likeness (QED) is 0.724. The van der Waals surface area contributed by atoms with E-state index in [0.29, 0.717) is 17.2 Å². The second-order valence-corrected chi connectivity index (χ2v) is 8.21. The molecule has 0 radical (unpaired) electrons. The molecule has 0 atom stereocenters. The maximum atomic E-state index is 12.1. The van der Waals surface area contributed by atoms with Crippen molar-refractivity contribution in [3.63, 3.8) is 0 Å². The molecule has 22 heavy (non-hydrogen) atoms. The monoisotopic (exact) mass is 404 g/mol. The van der Waals surface area contributed by atoms with E-state index in [-0.39, 0.29) is 4.90 Å². The minimum absolute atomic E-state index is 0.0311. The second-order valence-electron chi connectivity index (χ2n) is 4.07. The Bertz CT molecular complexity index is 757. The van der Waals surface area contributed by atoms with Gasteiger partial charge in [-0.2, -0.15) is 0 Å². The largest absolute Gasteiger partial charge is 0.494 e. The van der Waals surface area contributed by atoms with Gasteiger partial charge in [0.15, 0.2) is 0 Å². The first-order valence-corrected chi connectivity index (χ1v) is 9.32. The van der Waals surface area contributed by atoms with E-state index in [9.17, 15) is 13.2 Å². The highest BCUT2D eigenvalue weighted by molar-refractivity contribution is 9.11. The highest BCUT2D eigenvalue weighted by Crippen LogP contribution is 2.21. The average Bonchev–Trinajstić information content (AvgIpc) is 2.92. The molecule has 0 spiro atoms. The van der Waals surface area contributed by atoms with Crippen LogP contribution in [0.25, 0.3) is 0 Å². The fourth-order valence-electron chi connectivity index (χ4n) is 1.55. The highest BCUT2D eigenvalue weighted by atomic mass is 79.9. The molecule has 2 rings (SSSR count). The van der Waals surface area contributed by atoms with Gasteiger partial charge in [0, 0.05) is 0 Å². The van der Waals surface area contributed by atoms with Gasteiger partial charge in [0.1, 0.15) is 5.75 Å². The Hall–Kier alpha value is -1.42. The maximum Gasteiger partial charge on any atom is 0.276 e. The summed E-state index contributed by atoms with van der Waals surface area (Å²) in [5.74, 6) is 0.0548. The molecule has 6 nitrogen and oxygen atoms in total. The number of rotatable bonds is 6. The van der Waals surface area contributed by atoms with Crippen molar-refractivity contribution in [2.75, 3.05) is 6.61 Å². The summed E-state index contributed by atoms with van der Waals surface area (Å²) in [6.07, 6.45) is 0. The van der Waals surface area contributed by atoms with Crippen molar-refractivity contribution in [3.05, 3.63) is 45.1 Å². The summed E-state index contributed by atoms with van der Waals surface area (Å²) < 4.78 is 30.2. The molecule has 1 heterocycles. The fourth-order valence-corrected chi connectivity index (χ4v) is 3.67. The molecule has 1 amide bonds. The van der Waals surface area contributed by atoms with E-state index in [1.54, 1.807) is 24.3 Å². The van der Waals surface area contributed by atoms with Crippen LogP contribution >= 0.6 is 27.3 Å². The lowest BCUT2D eigenvalue weighted by Crippen LogP contribution is -2.41. The van der Waals surface area contributed by atoms with Crippen LogP contribution in [0.4, 0.5) is 0 Å². The first-order valence-electron chi connectivity index (χ1n) is 6.22. The van der Waals surface area contributed by atoms with Crippen LogP contribution in [-0.4, -0.2) is 20.9 Å². The predicted octanol–water partition coefficient (Wildman–Crippen LogP) is 2.53. The van der Waals surface area contributed by atoms with Crippen molar-refractivity contribution >= 4 is 43.2 Å². The van der Waals surface area contributed by atoms with Crippen LogP contribution in [0.5, 0.6) is 5.75 Å². The molecule has 2 aromatic rings. The molecular weight excluding hydrogens is 392 g/mol. The van der Waals surface area contributed by atoms with E-state index in [1.807, 2.05) is 6.92 Å². The SMILES string of the molecule is CCOc1ccc(S(=O)(=O)NNC(=O)c2ccc(Br)s2)cc1. The van der Waals surface area contributed by atoms with E-state index < -0.39 is 15.9 Å². The summed E-state index contributed by atoms with van der Waals surface area (Å²) >= 11 is 4.44. The van der Waals surface area contributed by atoms with Gasteiger partial charge in [0.05, 0.1) is 20.2 Å². The van der Waals surface area contributed by atoms with Gasteiger partial charge in [-0.25, -0.2) is 8.42 Å². The normalized spacial score (nSPS) is 11.2. The molecule has 2 N–H and O–H groups in total. The van der Waals surface area contributed by atoms with Crippen LogP contribution in [0.1, 0.15) is 16.6 Å². The second kappa shape index (κ2) is 7.23. The maximum absolute atomic E-state index is 12.1. The van der Waals surface area contributed by atoms with Crippen LogP contribution < -0.4 is 15.0 Å². The Morgan fingerprint density at radius 2 is 1.91 bits per heavy atom. The number of carbonyl (C=O) groups excluding carboxylic acids is 1. The third-order valence-corrected chi connectivity index (χ3v) is 5.43. The molecule has 0 aliphatic carbocycles. The van der Waals surface area contributed by atoms with E-state index >= 15 is 0 Å². The number of hydrogen-bond donors (Lipinski definition) is 2. The number of halogens is 1. The van der Waals surface area contributed by atoms with Gasteiger partial charge in [-0.15, -0.1) is 16.2 Å². The smallest absolute Gasteiger partial charge is 0.276 e. The third-order valence-electron chi connectivity index (χ3n) is 2.54. The molecule has 0 saturated heterocycles. The Kier molecular flexibility index (Phi) is 5.57. The highest BCUT2D eigenvalue weighted by Gasteiger charge is 2.16. The number of sulfonamides is 1. The summed E-state index contributed by atoms with van der Waals surface area (Å²) in [6, 6.07) is 9.21. The minimum Gasteiger partial charge on any atom is -0.494 e. The van der Waals surface area contributed by atoms with E-state index in [1.165, 1.54) is 23.5 Å². The van der Waals surface area contributed by atoms with Gasteiger partial charge in [0.2, 0.25) is 0 Å². The topological polar surface area (TPSA) is 84.5 Å². The number of hydrazine groups is 1. The zero-order valence-electron chi connectivity index (χ0n) is 11.5. The van der Waals surface area contributed by atoms with Gasteiger partial charge >= 0.3 is 0 Å². The zero-order valence-corrected chi connectivity index (χ0v) is 14.7. The Balaban J connectivity index is 2.03. The van der Waals surface area contributed by atoms with Gasteiger partial charge in [-0.3, -0.25) is 10.2 Å². The summed E-state index contributed by atoms with van der Waals surface area (Å²) in [4.78, 5) is 14.3. The molecule has 0 bridgehead atoms. The molecule has 0 unspecified atom stereocenters. The van der Waals surface area contributed by atoms with Crippen molar-refractivity contribution in [2.24, 2.45) is 0 Å². The standard InChI is InChI=1S/C13H13BrN2O4S2/c1-2-20-9-3-5-10(6-4-9)22(18,19)16-15-13(17)11-7-8-12(14)21-11/h3-8,16H,2H2,1H3,(H,15,17). The molecular formula is C13H13BrN2O4S2. The molecule has 1 aromatic carbocycles. The first-order chi connectivity index (χ1) is 10.4. The van der Waals surface area contributed by atoms with E-state index in [0.717, 1.165) is 3.79 Å². The number of amides is 1. The van der Waals surface area contributed by atoms with Gasteiger partial charge in [-0.05, 0) is 59.3 Å². The van der Waals surface area contributed by atoms with Crippen molar-refractivity contribution in [2.45, 2.75) is 11.8 Å². The molecule has 0 aliphatic heterocycles. The van der Waals surface area contributed by atoms with Crippen molar-refractivity contribution in [1.82, 2.24) is 10.3 Å². The predicted molar refractivity (Wildman–Crippen MR) is 87.4 cm³/mol. The number of nitrogens with one attached hydrogen (secondary N) is 2. The van der Waals surface area contributed by atoms with Crippen LogP contribution in [-0.2, 0) is 10.0 Å². The van der Waals surface area contributed by atoms with E-state index in [4.69, 9.17) is 4.74 Å². The summed E-state index contributed by atoms with van der Waals surface area (Å²) in [5.41, 5.74) is 2.17. The number of ether oxygens (including phenoxy) is 1.